The number of thiocarbonyl (C=S) groups is 1. The van der Waals surface area contributed by atoms with Gasteiger partial charge >= 0.3 is 5.97 Å². The number of rotatable bonds is 8. The van der Waals surface area contributed by atoms with Gasteiger partial charge in [0, 0.05) is 26.2 Å². The molecule has 0 unspecified atom stereocenters. The zero-order valence-corrected chi connectivity index (χ0v) is 17.4. The number of hydrogen-bond donors (Lipinski definition) is 2. The Labute approximate surface area is 180 Å². The van der Waals surface area contributed by atoms with E-state index in [-0.39, 0.29) is 11.5 Å². The minimum atomic E-state index is -0.602. The molecule has 160 valence electrons. The van der Waals surface area contributed by atoms with Crippen LogP contribution in [0.15, 0.2) is 46.1 Å². The Kier molecular flexibility index (Phi) is 8.19. The Bertz CT molecular complexity index is 866. The number of nitrogens with one attached hydrogen (secondary N) is 2. The monoisotopic (exact) mass is 432 g/mol. The summed E-state index contributed by atoms with van der Waals surface area (Å²) in [5, 5.41) is 7.68. The van der Waals surface area contributed by atoms with Gasteiger partial charge < -0.3 is 23.9 Å². The first-order chi connectivity index (χ1) is 14.7. The lowest BCUT2D eigenvalue weighted by Gasteiger charge is -2.26. The highest BCUT2D eigenvalue weighted by atomic mass is 32.1. The first kappa shape index (κ1) is 21.8. The van der Waals surface area contributed by atoms with Crippen molar-refractivity contribution in [2.45, 2.75) is 0 Å². The Hall–Kier alpha value is -2.95. The molecule has 2 aromatic rings. The zero-order valence-electron chi connectivity index (χ0n) is 16.6. The van der Waals surface area contributed by atoms with E-state index in [0.717, 1.165) is 45.0 Å². The summed E-state index contributed by atoms with van der Waals surface area (Å²) in [5.41, 5.74) is 3.52. The van der Waals surface area contributed by atoms with Crippen molar-refractivity contribution < 1.29 is 23.4 Å². The zero-order chi connectivity index (χ0) is 21.2. The van der Waals surface area contributed by atoms with Crippen molar-refractivity contribution >= 4 is 29.5 Å². The van der Waals surface area contributed by atoms with Crippen molar-refractivity contribution in [1.29, 1.82) is 0 Å². The van der Waals surface area contributed by atoms with Gasteiger partial charge in [0.25, 0.3) is 0 Å². The summed E-state index contributed by atoms with van der Waals surface area (Å²) >= 11 is 5.22. The van der Waals surface area contributed by atoms with Crippen LogP contribution in [0.5, 0.6) is 11.5 Å². The highest BCUT2D eigenvalue weighted by Gasteiger charge is 2.15. The fourth-order valence-corrected chi connectivity index (χ4v) is 2.91. The lowest BCUT2D eigenvalue weighted by molar-refractivity contribution is 0.0389. The summed E-state index contributed by atoms with van der Waals surface area (Å²) in [6, 6.07) is 8.21. The van der Waals surface area contributed by atoms with Crippen LogP contribution < -0.4 is 20.2 Å². The molecule has 0 spiro atoms. The molecule has 30 heavy (non-hydrogen) atoms. The Morgan fingerprint density at radius 3 is 2.87 bits per heavy atom. The summed E-state index contributed by atoms with van der Waals surface area (Å²) in [6.07, 6.45) is 3.00. The molecule has 3 rings (SSSR count). The number of ether oxygens (including phenoxy) is 3. The quantitative estimate of drug-likeness (QED) is 0.212. The second kappa shape index (κ2) is 11.3. The van der Waals surface area contributed by atoms with Crippen molar-refractivity contribution in [3.8, 4) is 11.5 Å². The van der Waals surface area contributed by atoms with Crippen LogP contribution in [-0.2, 0) is 4.74 Å². The fraction of sp³-hybridized carbons (Fsp3) is 0.350. The Morgan fingerprint density at radius 1 is 1.30 bits per heavy atom. The van der Waals surface area contributed by atoms with E-state index in [9.17, 15) is 4.79 Å². The van der Waals surface area contributed by atoms with Gasteiger partial charge in [-0.3, -0.25) is 10.3 Å². The van der Waals surface area contributed by atoms with Gasteiger partial charge in [0.2, 0.25) is 5.76 Å². The third kappa shape index (κ3) is 6.55. The maximum Gasteiger partial charge on any atom is 0.379 e. The SMILES string of the molecule is COc1cc(C=NNC(=S)NCCN2CCOCC2)ccc1OC(=O)c1ccco1. The van der Waals surface area contributed by atoms with Crippen LogP contribution in [0.2, 0.25) is 0 Å². The van der Waals surface area contributed by atoms with Gasteiger partial charge in [-0.25, -0.2) is 4.79 Å². The lowest BCUT2D eigenvalue weighted by atomic mass is 10.2. The molecule has 0 atom stereocenters. The first-order valence-corrected chi connectivity index (χ1v) is 9.87. The van der Waals surface area contributed by atoms with Crippen LogP contribution >= 0.6 is 12.2 Å². The number of benzene rings is 1. The van der Waals surface area contributed by atoms with E-state index in [4.69, 9.17) is 30.8 Å². The minimum absolute atomic E-state index is 0.113. The third-order valence-corrected chi connectivity index (χ3v) is 4.55. The fourth-order valence-electron chi connectivity index (χ4n) is 2.75. The summed E-state index contributed by atoms with van der Waals surface area (Å²) in [6.45, 7) is 5.05. The lowest BCUT2D eigenvalue weighted by Crippen LogP contribution is -2.42. The van der Waals surface area contributed by atoms with Crippen LogP contribution in [0.3, 0.4) is 0 Å². The van der Waals surface area contributed by atoms with Crippen molar-refractivity contribution in [2.75, 3.05) is 46.5 Å². The summed E-state index contributed by atoms with van der Waals surface area (Å²) < 4.78 is 21.0. The summed E-state index contributed by atoms with van der Waals surface area (Å²) in [5.74, 6) is 0.186. The maximum atomic E-state index is 12.0. The van der Waals surface area contributed by atoms with Crippen LogP contribution in [0, 0.1) is 0 Å². The first-order valence-electron chi connectivity index (χ1n) is 9.46. The number of hydrazone groups is 1. The van der Waals surface area contributed by atoms with Gasteiger partial charge in [-0.15, -0.1) is 0 Å². The highest BCUT2D eigenvalue weighted by molar-refractivity contribution is 7.80. The van der Waals surface area contributed by atoms with E-state index >= 15 is 0 Å². The normalized spacial score (nSPS) is 14.4. The molecule has 2 heterocycles. The average Bonchev–Trinajstić information content (AvgIpc) is 3.30. The Balaban J connectivity index is 1.46. The van der Waals surface area contributed by atoms with Crippen molar-refractivity contribution in [3.05, 3.63) is 47.9 Å². The number of morpholine rings is 1. The molecule has 0 aliphatic carbocycles. The molecule has 1 aromatic heterocycles. The van der Waals surface area contributed by atoms with E-state index < -0.39 is 5.97 Å². The molecule has 1 saturated heterocycles. The molecule has 1 fully saturated rings. The van der Waals surface area contributed by atoms with Gasteiger partial charge in [0.15, 0.2) is 16.6 Å². The predicted octanol–water partition coefficient (Wildman–Crippen LogP) is 1.64. The van der Waals surface area contributed by atoms with E-state index in [1.807, 2.05) is 0 Å². The van der Waals surface area contributed by atoms with Crippen LogP contribution in [-0.4, -0.2) is 68.7 Å². The number of nitrogens with zero attached hydrogens (tertiary/aromatic N) is 2. The molecule has 10 heteroatoms. The van der Waals surface area contributed by atoms with Crippen molar-refractivity contribution in [1.82, 2.24) is 15.6 Å². The van der Waals surface area contributed by atoms with Gasteiger partial charge in [-0.2, -0.15) is 5.10 Å². The molecular formula is C20H24N4O5S. The standard InChI is InChI=1S/C20H24N4O5S/c1-26-18-13-15(4-5-16(18)29-19(25)17-3-2-10-28-17)14-22-23-20(30)21-6-7-24-8-11-27-12-9-24/h2-5,10,13-14H,6-9,11-12H2,1H3,(H2,21,23,30). The van der Waals surface area contributed by atoms with Crippen LogP contribution in [0.4, 0.5) is 0 Å². The molecule has 0 radical (unpaired) electrons. The molecule has 1 aromatic carbocycles. The van der Waals surface area contributed by atoms with E-state index in [1.165, 1.54) is 19.4 Å². The topological polar surface area (TPSA) is 97.6 Å². The average molecular weight is 433 g/mol. The minimum Gasteiger partial charge on any atom is -0.493 e. The van der Waals surface area contributed by atoms with Crippen LogP contribution in [0.1, 0.15) is 16.1 Å². The van der Waals surface area contributed by atoms with Gasteiger partial charge in [0.1, 0.15) is 0 Å². The summed E-state index contributed by atoms with van der Waals surface area (Å²) in [4.78, 5) is 14.3. The largest absolute Gasteiger partial charge is 0.493 e. The van der Waals surface area contributed by atoms with Crippen molar-refractivity contribution in [3.63, 3.8) is 0 Å². The molecule has 0 saturated carbocycles. The number of carbonyl (C=O) groups is 1. The van der Waals surface area contributed by atoms with Gasteiger partial charge in [-0.1, -0.05) is 0 Å². The summed E-state index contributed by atoms with van der Waals surface area (Å²) in [7, 11) is 1.49. The van der Waals surface area contributed by atoms with Crippen LogP contribution in [0.25, 0.3) is 0 Å². The maximum absolute atomic E-state index is 12.0. The number of hydrogen-bond acceptors (Lipinski definition) is 8. The molecule has 9 nitrogen and oxygen atoms in total. The third-order valence-electron chi connectivity index (χ3n) is 4.31. The number of furan rings is 1. The van der Waals surface area contributed by atoms with Gasteiger partial charge in [0.05, 0.1) is 32.8 Å². The molecular weight excluding hydrogens is 408 g/mol. The smallest absolute Gasteiger partial charge is 0.379 e. The predicted molar refractivity (Wildman–Crippen MR) is 115 cm³/mol. The molecule has 0 bridgehead atoms. The van der Waals surface area contributed by atoms with E-state index in [2.05, 4.69) is 20.7 Å². The van der Waals surface area contributed by atoms with Gasteiger partial charge in [-0.05, 0) is 48.1 Å². The number of carbonyl (C=O) groups excluding carboxylic acids is 1. The molecule has 1 aliphatic rings. The number of methoxy groups -OCH3 is 1. The Morgan fingerprint density at radius 2 is 2.13 bits per heavy atom. The van der Waals surface area contributed by atoms with E-state index in [1.54, 1.807) is 30.5 Å². The van der Waals surface area contributed by atoms with Crippen molar-refractivity contribution in [2.24, 2.45) is 5.10 Å². The molecule has 0 amide bonds. The number of esters is 1. The highest BCUT2D eigenvalue weighted by Crippen LogP contribution is 2.28. The second-order valence-electron chi connectivity index (χ2n) is 6.36. The second-order valence-corrected chi connectivity index (χ2v) is 6.77. The molecule has 1 aliphatic heterocycles. The van der Waals surface area contributed by atoms with E-state index in [0.29, 0.717) is 10.9 Å². The molecule has 2 N–H and O–H groups in total.